The lowest BCUT2D eigenvalue weighted by Gasteiger charge is -2.32. The number of thiazole rings is 2. The van der Waals surface area contributed by atoms with E-state index >= 15 is 0 Å². The normalized spacial score (nSPS) is 21.1. The standard InChI is InChI=1S/C22H29N3O2S.C18H25BO3.C10H16BrN3OS/c1-22(2)8-5-20(27)17-13-15(3-4-18(17)22)19-14-28-21(24-19)25-10-6-16(7-11-25)23-9-12-26;1-16(2)10-9-15(20)13-11-12(7-8-14(13)16)19-21-17(3,4)18(5,6)22-19;11-9-7-16-10(13-9)14-4-1-8(2-5-14)12-3-6-15/h3-4,13-14,16,23,26H,5-12H2,1-2H3;7-8,11H,9-10H2,1-6H3;7-8,12,15H,1-6H2. The Hall–Kier alpha value is -3.06. The summed E-state index contributed by atoms with van der Waals surface area (Å²) in [5, 5.41) is 30.7. The predicted molar refractivity (Wildman–Crippen MR) is 273 cm³/mol. The van der Waals surface area contributed by atoms with E-state index in [0.29, 0.717) is 38.0 Å². The number of rotatable bonds is 10. The molecule has 0 radical (unpaired) electrons. The number of piperidine rings is 2. The summed E-state index contributed by atoms with van der Waals surface area (Å²) in [5.74, 6) is 0.483. The van der Waals surface area contributed by atoms with E-state index in [1.165, 1.54) is 5.56 Å². The molecule has 0 saturated carbocycles. The fourth-order valence-corrected chi connectivity index (χ4v) is 11.6. The van der Waals surface area contributed by atoms with Crippen LogP contribution in [0, 0.1) is 0 Å². The third kappa shape index (κ3) is 11.8. The van der Waals surface area contributed by atoms with Gasteiger partial charge in [0.25, 0.3) is 0 Å². The first-order valence-electron chi connectivity index (χ1n) is 23.8. The topological polar surface area (TPSA) is 149 Å². The van der Waals surface area contributed by atoms with Gasteiger partial charge in [0, 0.05) is 91.6 Å². The molecule has 3 fully saturated rings. The fraction of sp³-hybridized carbons (Fsp3) is 0.600. The minimum atomic E-state index is -0.409. The second-order valence-electron chi connectivity index (χ2n) is 20.6. The Kier molecular flexibility index (Phi) is 16.4. The maximum atomic E-state index is 12.5. The molecular weight excluding hydrogens is 935 g/mol. The van der Waals surface area contributed by atoms with Crippen LogP contribution in [0.4, 0.5) is 10.3 Å². The molecule has 66 heavy (non-hydrogen) atoms. The largest absolute Gasteiger partial charge is 0.494 e. The monoisotopic (exact) mass is 1000 g/mol. The molecule has 4 N–H and O–H groups in total. The molecule has 0 spiro atoms. The zero-order chi connectivity index (χ0) is 47.4. The van der Waals surface area contributed by atoms with E-state index in [4.69, 9.17) is 24.5 Å². The molecule has 16 heteroatoms. The van der Waals surface area contributed by atoms with Crippen molar-refractivity contribution in [2.24, 2.45) is 0 Å². The van der Waals surface area contributed by atoms with Crippen LogP contribution in [0.15, 0.2) is 51.8 Å². The predicted octanol–water partition coefficient (Wildman–Crippen LogP) is 8.31. The Balaban J connectivity index is 0.000000153. The van der Waals surface area contributed by atoms with Crippen LogP contribution in [-0.2, 0) is 20.1 Å². The molecule has 5 heterocycles. The van der Waals surface area contributed by atoms with Crippen molar-refractivity contribution < 1.29 is 29.1 Å². The maximum absolute atomic E-state index is 12.5. The van der Waals surface area contributed by atoms with Crippen molar-refractivity contribution in [3.8, 4) is 11.3 Å². The van der Waals surface area contributed by atoms with Gasteiger partial charge in [-0.15, -0.1) is 22.7 Å². The van der Waals surface area contributed by atoms with Gasteiger partial charge in [0.15, 0.2) is 21.8 Å². The third-order valence-electron chi connectivity index (χ3n) is 14.5. The van der Waals surface area contributed by atoms with Crippen molar-refractivity contribution in [2.45, 2.75) is 141 Å². The van der Waals surface area contributed by atoms with E-state index < -0.39 is 7.12 Å². The molecule has 2 aliphatic carbocycles. The molecular formula is C50H70BBrN6O6S2. The first-order valence-corrected chi connectivity index (χ1v) is 26.3. The van der Waals surface area contributed by atoms with Crippen molar-refractivity contribution in [1.82, 2.24) is 20.6 Å². The number of carbonyl (C=O) groups excluding carboxylic acids is 2. The average Bonchev–Trinajstić information content (AvgIpc) is 4.03. The molecule has 9 rings (SSSR count). The van der Waals surface area contributed by atoms with Crippen molar-refractivity contribution in [3.05, 3.63) is 74.0 Å². The number of aliphatic hydroxyl groups excluding tert-OH is 2. The van der Waals surface area contributed by atoms with E-state index in [-0.39, 0.29) is 46.8 Å². The molecule has 2 aromatic heterocycles. The van der Waals surface area contributed by atoms with E-state index in [2.05, 4.69) is 92.6 Å². The number of aliphatic hydroxyl groups is 2. The number of halogens is 1. The molecule has 2 aromatic carbocycles. The zero-order valence-corrected chi connectivity index (χ0v) is 43.4. The molecule has 358 valence electrons. The molecule has 12 nitrogen and oxygen atoms in total. The number of hydrogen-bond acceptors (Lipinski definition) is 14. The smallest absolute Gasteiger partial charge is 0.399 e. The highest BCUT2D eigenvalue weighted by Gasteiger charge is 2.52. The second kappa shape index (κ2) is 21.3. The van der Waals surface area contributed by atoms with Crippen LogP contribution in [0.25, 0.3) is 11.3 Å². The average molecular weight is 1010 g/mol. The Bertz CT molecular complexity index is 2290. The van der Waals surface area contributed by atoms with Gasteiger partial charge in [0.2, 0.25) is 0 Å². The molecule has 4 aromatic rings. The number of benzene rings is 2. The number of fused-ring (bicyclic) bond motifs is 2. The van der Waals surface area contributed by atoms with Crippen LogP contribution in [0.1, 0.15) is 139 Å². The van der Waals surface area contributed by atoms with Crippen LogP contribution in [0.5, 0.6) is 0 Å². The van der Waals surface area contributed by atoms with Gasteiger partial charge in [-0.1, -0.05) is 58.0 Å². The van der Waals surface area contributed by atoms with E-state index in [0.717, 1.165) is 113 Å². The summed E-state index contributed by atoms with van der Waals surface area (Å²) in [5.41, 5.74) is 6.33. The van der Waals surface area contributed by atoms with Gasteiger partial charge >= 0.3 is 7.12 Å². The summed E-state index contributed by atoms with van der Waals surface area (Å²) in [6.07, 6.45) is 7.46. The lowest BCUT2D eigenvalue weighted by atomic mass is 9.69. The molecule has 0 amide bonds. The minimum absolute atomic E-state index is 0.0533. The number of nitrogens with zero attached hydrogens (tertiary/aromatic N) is 4. The second-order valence-corrected chi connectivity index (χ2v) is 23.1. The lowest BCUT2D eigenvalue weighted by molar-refractivity contribution is 0.00578. The van der Waals surface area contributed by atoms with Gasteiger partial charge in [-0.2, -0.15) is 0 Å². The first kappa shape index (κ1) is 50.8. The molecule has 0 unspecified atom stereocenters. The number of aromatic nitrogens is 2. The first-order chi connectivity index (χ1) is 31.3. The van der Waals surface area contributed by atoms with Crippen LogP contribution >= 0.6 is 38.6 Å². The Morgan fingerprint density at radius 2 is 1.17 bits per heavy atom. The lowest BCUT2D eigenvalue weighted by Crippen LogP contribution is -2.43. The van der Waals surface area contributed by atoms with Crippen LogP contribution in [0.3, 0.4) is 0 Å². The van der Waals surface area contributed by atoms with Crippen molar-refractivity contribution in [1.29, 1.82) is 0 Å². The molecule has 3 aliphatic heterocycles. The van der Waals surface area contributed by atoms with Gasteiger partial charge in [-0.3, -0.25) is 9.59 Å². The summed E-state index contributed by atoms with van der Waals surface area (Å²) in [6, 6.07) is 13.4. The van der Waals surface area contributed by atoms with Crippen LogP contribution in [0.2, 0.25) is 0 Å². The Labute approximate surface area is 409 Å². The summed E-state index contributed by atoms with van der Waals surface area (Å²) in [4.78, 5) is 38.7. The number of hydrogen-bond donors (Lipinski definition) is 4. The Morgan fingerprint density at radius 1 is 0.697 bits per heavy atom. The molecule has 3 saturated heterocycles. The summed E-state index contributed by atoms with van der Waals surface area (Å²) in [7, 11) is -0.409. The number of nitrogens with one attached hydrogen (secondary N) is 2. The van der Waals surface area contributed by atoms with Gasteiger partial charge in [0.05, 0.1) is 30.1 Å². The highest BCUT2D eigenvalue weighted by molar-refractivity contribution is 9.10. The number of Topliss-reactive ketones (excluding diaryl/α,β-unsaturated/α-hetero) is 2. The maximum Gasteiger partial charge on any atom is 0.494 e. The third-order valence-corrected chi connectivity index (χ3v) is 17.0. The summed E-state index contributed by atoms with van der Waals surface area (Å²) >= 11 is 6.74. The van der Waals surface area contributed by atoms with Gasteiger partial charge in [-0.25, -0.2) is 9.97 Å². The van der Waals surface area contributed by atoms with Crippen molar-refractivity contribution in [3.63, 3.8) is 0 Å². The summed E-state index contributed by atoms with van der Waals surface area (Å²) < 4.78 is 13.1. The molecule has 0 atom stereocenters. The quantitative estimate of drug-likeness (QED) is 0.113. The number of carbonyl (C=O) groups is 2. The fourth-order valence-electron chi connectivity index (χ4n) is 9.44. The van der Waals surface area contributed by atoms with Crippen LogP contribution in [-0.4, -0.2) is 115 Å². The minimum Gasteiger partial charge on any atom is -0.399 e. The van der Waals surface area contributed by atoms with E-state index in [9.17, 15) is 9.59 Å². The van der Waals surface area contributed by atoms with Crippen LogP contribution < -0.4 is 25.9 Å². The summed E-state index contributed by atoms with van der Waals surface area (Å²) in [6.45, 7) is 22.8. The highest BCUT2D eigenvalue weighted by Crippen LogP contribution is 2.41. The Morgan fingerprint density at radius 3 is 1.65 bits per heavy atom. The van der Waals surface area contributed by atoms with E-state index in [1.54, 1.807) is 22.7 Å². The van der Waals surface area contributed by atoms with Crippen molar-refractivity contribution >= 4 is 73.0 Å². The highest BCUT2D eigenvalue weighted by atomic mass is 79.9. The SMILES string of the molecule is CC1(C)CCC(=O)c2cc(-c3csc(N4CCC(NCCO)CC4)n3)ccc21.CC1(C)CCC(=O)c2cc(B3OC(C)(C)C(C)(C)O3)ccc21.OCCNC1CCN(c2nc(Br)cs2)CC1. The van der Waals surface area contributed by atoms with Gasteiger partial charge < -0.3 is 40.0 Å². The van der Waals surface area contributed by atoms with Gasteiger partial charge in [0.1, 0.15) is 4.60 Å². The number of ketones is 2. The number of anilines is 2. The zero-order valence-electron chi connectivity index (χ0n) is 40.2. The molecule has 5 aliphatic rings. The van der Waals surface area contributed by atoms with Gasteiger partial charge in [-0.05, 0) is 116 Å². The van der Waals surface area contributed by atoms with E-state index in [1.807, 2.05) is 51.3 Å². The van der Waals surface area contributed by atoms with Crippen molar-refractivity contribution in [2.75, 3.05) is 62.3 Å². The molecule has 0 bridgehead atoms.